The molecule has 2 aromatic rings. The fraction of sp³-hybridized carbons (Fsp3) is 0.263. The summed E-state index contributed by atoms with van der Waals surface area (Å²) in [5.74, 6) is -1.53. The zero-order valence-corrected chi connectivity index (χ0v) is 15.0. The molecular weight excluding hydrogens is 358 g/mol. The van der Waals surface area contributed by atoms with Gasteiger partial charge in [0, 0.05) is 30.3 Å². The second-order valence-corrected chi connectivity index (χ2v) is 7.15. The molecule has 2 aromatic carbocycles. The number of aryl methyl sites for hydroxylation is 1. The molecule has 7 heteroatoms. The summed E-state index contributed by atoms with van der Waals surface area (Å²) in [6.07, 6.45) is 0.0967. The zero-order chi connectivity index (χ0) is 18.7. The average molecular weight is 376 g/mol. The molecular formula is C19H18F2N2O2S. The molecule has 1 heterocycles. The third-order valence-electron chi connectivity index (χ3n) is 4.11. The molecule has 0 radical (unpaired) electrons. The highest BCUT2D eigenvalue weighted by Crippen LogP contribution is 2.39. The Hall–Kier alpha value is -2.41. The van der Waals surface area contributed by atoms with Crippen LogP contribution >= 0.6 is 11.8 Å². The number of anilines is 1. The second-order valence-electron chi connectivity index (χ2n) is 6.08. The van der Waals surface area contributed by atoms with Crippen LogP contribution in [0.2, 0.25) is 0 Å². The van der Waals surface area contributed by atoms with E-state index in [1.165, 1.54) is 28.8 Å². The number of benzene rings is 2. The second kappa shape index (κ2) is 7.86. The molecule has 1 saturated heterocycles. The predicted molar refractivity (Wildman–Crippen MR) is 97.7 cm³/mol. The van der Waals surface area contributed by atoms with E-state index in [0.717, 1.165) is 11.6 Å². The number of nitrogens with one attached hydrogen (secondary N) is 1. The van der Waals surface area contributed by atoms with Crippen LogP contribution in [0.5, 0.6) is 0 Å². The number of rotatable bonds is 5. The number of amides is 2. The molecule has 1 aliphatic rings. The van der Waals surface area contributed by atoms with E-state index < -0.39 is 17.0 Å². The monoisotopic (exact) mass is 376 g/mol. The maximum atomic E-state index is 14.1. The molecule has 0 spiro atoms. The number of thioether (sulfide) groups is 1. The van der Waals surface area contributed by atoms with E-state index in [1.54, 1.807) is 12.1 Å². The minimum Gasteiger partial charge on any atom is -0.326 e. The van der Waals surface area contributed by atoms with E-state index >= 15 is 0 Å². The summed E-state index contributed by atoms with van der Waals surface area (Å²) >= 11 is 1.27. The summed E-state index contributed by atoms with van der Waals surface area (Å²) in [4.78, 5) is 25.7. The van der Waals surface area contributed by atoms with Crippen LogP contribution in [0.1, 0.15) is 22.9 Å². The molecule has 1 N–H and O–H groups in total. The van der Waals surface area contributed by atoms with Gasteiger partial charge in [0.05, 0.1) is 5.75 Å². The quantitative estimate of drug-likeness (QED) is 0.862. The standard InChI is InChI=1S/C19H18F2N2O2S/c1-12-2-5-14(6-3-12)22-17(24)8-9-23-18(25)11-26-19(23)15-7-4-13(20)10-16(15)21/h2-7,10,19H,8-9,11H2,1H3,(H,22,24)/t19-/m0/s1. The lowest BCUT2D eigenvalue weighted by atomic mass is 10.2. The number of carbonyl (C=O) groups excluding carboxylic acids is 2. The van der Waals surface area contributed by atoms with E-state index in [4.69, 9.17) is 0 Å². The topological polar surface area (TPSA) is 49.4 Å². The Morgan fingerprint density at radius 2 is 1.96 bits per heavy atom. The van der Waals surface area contributed by atoms with Gasteiger partial charge in [-0.25, -0.2) is 8.78 Å². The molecule has 26 heavy (non-hydrogen) atoms. The molecule has 0 aliphatic carbocycles. The van der Waals surface area contributed by atoms with Gasteiger partial charge in [0.1, 0.15) is 17.0 Å². The molecule has 0 bridgehead atoms. The Morgan fingerprint density at radius 3 is 2.65 bits per heavy atom. The van der Waals surface area contributed by atoms with Crippen molar-refractivity contribution in [2.24, 2.45) is 0 Å². The minimum absolute atomic E-state index is 0.0967. The summed E-state index contributed by atoms with van der Waals surface area (Å²) in [5, 5.41) is 2.23. The van der Waals surface area contributed by atoms with Gasteiger partial charge in [-0.2, -0.15) is 0 Å². The van der Waals surface area contributed by atoms with Crippen molar-refractivity contribution in [2.75, 3.05) is 17.6 Å². The number of carbonyl (C=O) groups is 2. The molecule has 1 fully saturated rings. The van der Waals surface area contributed by atoms with Crippen LogP contribution in [0.15, 0.2) is 42.5 Å². The van der Waals surface area contributed by atoms with Crippen LogP contribution in [-0.2, 0) is 9.59 Å². The van der Waals surface area contributed by atoms with Crippen LogP contribution in [0.4, 0.5) is 14.5 Å². The Kier molecular flexibility index (Phi) is 5.56. The van der Waals surface area contributed by atoms with Crippen molar-refractivity contribution in [2.45, 2.75) is 18.7 Å². The van der Waals surface area contributed by atoms with Gasteiger partial charge in [-0.15, -0.1) is 11.8 Å². The van der Waals surface area contributed by atoms with Crippen LogP contribution in [-0.4, -0.2) is 29.0 Å². The van der Waals surface area contributed by atoms with Crippen LogP contribution in [0.25, 0.3) is 0 Å². The van der Waals surface area contributed by atoms with Crippen LogP contribution < -0.4 is 5.32 Å². The Labute approximate surface area is 154 Å². The summed E-state index contributed by atoms with van der Waals surface area (Å²) in [7, 11) is 0. The van der Waals surface area contributed by atoms with Crippen molar-refractivity contribution in [3.8, 4) is 0 Å². The largest absolute Gasteiger partial charge is 0.326 e. The third kappa shape index (κ3) is 4.22. The first kappa shape index (κ1) is 18.4. The smallest absolute Gasteiger partial charge is 0.233 e. The van der Waals surface area contributed by atoms with E-state index in [0.29, 0.717) is 5.69 Å². The summed E-state index contributed by atoms with van der Waals surface area (Å²) in [6.45, 7) is 2.13. The fourth-order valence-electron chi connectivity index (χ4n) is 2.74. The molecule has 1 aliphatic heterocycles. The highest BCUT2D eigenvalue weighted by Gasteiger charge is 2.34. The lowest BCUT2D eigenvalue weighted by Gasteiger charge is -2.24. The first-order valence-electron chi connectivity index (χ1n) is 8.16. The summed E-state index contributed by atoms with van der Waals surface area (Å²) in [6, 6.07) is 10.7. The predicted octanol–water partition coefficient (Wildman–Crippen LogP) is 3.88. The molecule has 1 atom stereocenters. The first-order valence-corrected chi connectivity index (χ1v) is 9.21. The maximum absolute atomic E-state index is 14.1. The number of nitrogens with zero attached hydrogens (tertiary/aromatic N) is 1. The third-order valence-corrected chi connectivity index (χ3v) is 5.35. The first-order chi connectivity index (χ1) is 12.4. The summed E-state index contributed by atoms with van der Waals surface area (Å²) < 4.78 is 27.2. The molecule has 136 valence electrons. The Balaban J connectivity index is 1.64. The van der Waals surface area contributed by atoms with Gasteiger partial charge in [0.2, 0.25) is 11.8 Å². The van der Waals surface area contributed by atoms with Gasteiger partial charge in [-0.3, -0.25) is 9.59 Å². The normalized spacial score (nSPS) is 16.8. The molecule has 4 nitrogen and oxygen atoms in total. The van der Waals surface area contributed by atoms with Crippen molar-refractivity contribution in [1.29, 1.82) is 0 Å². The highest BCUT2D eigenvalue weighted by atomic mass is 32.2. The Morgan fingerprint density at radius 1 is 1.23 bits per heavy atom. The van der Waals surface area contributed by atoms with E-state index in [1.807, 2.05) is 19.1 Å². The average Bonchev–Trinajstić information content (AvgIpc) is 2.96. The van der Waals surface area contributed by atoms with Crippen LogP contribution in [0, 0.1) is 18.6 Å². The van der Waals surface area contributed by atoms with E-state index in [2.05, 4.69) is 5.32 Å². The molecule has 0 aromatic heterocycles. The van der Waals surface area contributed by atoms with Gasteiger partial charge >= 0.3 is 0 Å². The SMILES string of the molecule is Cc1ccc(NC(=O)CCN2C(=O)CS[C@H]2c2ccc(F)cc2F)cc1. The Bertz CT molecular complexity index is 827. The summed E-state index contributed by atoms with van der Waals surface area (Å²) in [5.41, 5.74) is 2.02. The maximum Gasteiger partial charge on any atom is 0.233 e. The molecule has 0 unspecified atom stereocenters. The van der Waals surface area contributed by atoms with Crippen LogP contribution in [0.3, 0.4) is 0 Å². The lowest BCUT2D eigenvalue weighted by Crippen LogP contribution is -2.32. The minimum atomic E-state index is -0.689. The molecule has 3 rings (SSSR count). The van der Waals surface area contributed by atoms with Crippen molar-refractivity contribution in [3.63, 3.8) is 0 Å². The van der Waals surface area contributed by atoms with Gasteiger partial charge in [-0.1, -0.05) is 23.8 Å². The van der Waals surface area contributed by atoms with Gasteiger partial charge in [0.25, 0.3) is 0 Å². The van der Waals surface area contributed by atoms with Crippen molar-refractivity contribution in [1.82, 2.24) is 4.90 Å². The van der Waals surface area contributed by atoms with Gasteiger partial charge in [-0.05, 0) is 25.1 Å². The zero-order valence-electron chi connectivity index (χ0n) is 14.2. The molecule has 0 saturated carbocycles. The van der Waals surface area contributed by atoms with Crippen molar-refractivity contribution < 1.29 is 18.4 Å². The number of hydrogen-bond donors (Lipinski definition) is 1. The van der Waals surface area contributed by atoms with Gasteiger partial charge in [0.15, 0.2) is 0 Å². The number of halogens is 2. The molecule has 2 amide bonds. The van der Waals surface area contributed by atoms with Gasteiger partial charge < -0.3 is 10.2 Å². The van der Waals surface area contributed by atoms with Crippen molar-refractivity contribution in [3.05, 3.63) is 65.2 Å². The fourth-order valence-corrected chi connectivity index (χ4v) is 3.98. The highest BCUT2D eigenvalue weighted by molar-refractivity contribution is 8.00. The van der Waals surface area contributed by atoms with Crippen molar-refractivity contribution >= 4 is 29.3 Å². The lowest BCUT2D eigenvalue weighted by molar-refractivity contribution is -0.128. The van der Waals surface area contributed by atoms with E-state index in [9.17, 15) is 18.4 Å². The number of hydrogen-bond acceptors (Lipinski definition) is 3. The van der Waals surface area contributed by atoms with E-state index in [-0.39, 0.29) is 36.1 Å².